The van der Waals surface area contributed by atoms with Gasteiger partial charge in [-0.3, -0.25) is 4.79 Å². The number of rotatable bonds is 5. The van der Waals surface area contributed by atoms with E-state index in [4.69, 9.17) is 0 Å². The Morgan fingerprint density at radius 3 is 2.53 bits per heavy atom. The van der Waals surface area contributed by atoms with Gasteiger partial charge < -0.3 is 15.3 Å². The first kappa shape index (κ1) is 14.5. The summed E-state index contributed by atoms with van der Waals surface area (Å²) in [6.45, 7) is 5.99. The zero-order valence-electron chi connectivity index (χ0n) is 11.5. The van der Waals surface area contributed by atoms with Crippen molar-refractivity contribution in [2.75, 3.05) is 27.2 Å². The highest BCUT2D eigenvalue weighted by Gasteiger charge is 2.43. The van der Waals surface area contributed by atoms with Crippen LogP contribution in [0.15, 0.2) is 0 Å². The van der Waals surface area contributed by atoms with E-state index in [0.717, 1.165) is 32.4 Å². The second-order valence-electron chi connectivity index (χ2n) is 5.81. The Morgan fingerprint density at radius 2 is 2.06 bits per heavy atom. The molecule has 0 saturated heterocycles. The number of nitrogens with zero attached hydrogens (tertiary/aromatic N) is 1. The van der Waals surface area contributed by atoms with E-state index < -0.39 is 11.5 Å². The lowest BCUT2D eigenvalue weighted by atomic mass is 9.71. The SMILES string of the molecule is CC1CCC(NCCN(C)C)(C(=O)O)CC1C. The number of aliphatic carboxylic acids is 1. The molecule has 0 spiro atoms. The first-order chi connectivity index (χ1) is 7.87. The van der Waals surface area contributed by atoms with Crippen molar-refractivity contribution in [3.63, 3.8) is 0 Å². The predicted octanol–water partition coefficient (Wildman–Crippen LogP) is 1.42. The van der Waals surface area contributed by atoms with Crippen molar-refractivity contribution >= 4 is 5.97 Å². The number of nitrogens with one attached hydrogen (secondary N) is 1. The molecular weight excluding hydrogens is 216 g/mol. The van der Waals surface area contributed by atoms with Gasteiger partial charge in [0.25, 0.3) is 0 Å². The van der Waals surface area contributed by atoms with Crippen molar-refractivity contribution in [3.8, 4) is 0 Å². The second-order valence-corrected chi connectivity index (χ2v) is 5.81. The lowest BCUT2D eigenvalue weighted by Crippen LogP contribution is -2.57. The Labute approximate surface area is 104 Å². The van der Waals surface area contributed by atoms with Crippen molar-refractivity contribution < 1.29 is 9.90 Å². The predicted molar refractivity (Wildman–Crippen MR) is 69.1 cm³/mol. The fraction of sp³-hybridized carbons (Fsp3) is 0.923. The van der Waals surface area contributed by atoms with Crippen molar-refractivity contribution in [3.05, 3.63) is 0 Å². The summed E-state index contributed by atoms with van der Waals surface area (Å²) in [6.07, 6.45) is 2.50. The van der Waals surface area contributed by atoms with Gasteiger partial charge in [0.1, 0.15) is 5.54 Å². The van der Waals surface area contributed by atoms with Gasteiger partial charge in [-0.2, -0.15) is 0 Å². The lowest BCUT2D eigenvalue weighted by Gasteiger charge is -2.40. The van der Waals surface area contributed by atoms with Crippen molar-refractivity contribution in [2.45, 2.75) is 38.6 Å². The van der Waals surface area contributed by atoms with E-state index in [9.17, 15) is 9.90 Å². The molecule has 17 heavy (non-hydrogen) atoms. The molecule has 1 rings (SSSR count). The number of carbonyl (C=O) groups is 1. The van der Waals surface area contributed by atoms with Gasteiger partial charge in [0, 0.05) is 13.1 Å². The minimum Gasteiger partial charge on any atom is -0.480 e. The molecule has 3 unspecified atom stereocenters. The van der Waals surface area contributed by atoms with Gasteiger partial charge in [-0.05, 0) is 45.2 Å². The highest BCUT2D eigenvalue weighted by atomic mass is 16.4. The fourth-order valence-electron chi connectivity index (χ4n) is 2.56. The lowest BCUT2D eigenvalue weighted by molar-refractivity contribution is -0.147. The van der Waals surface area contributed by atoms with Crippen LogP contribution in [0, 0.1) is 11.8 Å². The van der Waals surface area contributed by atoms with Crippen LogP contribution in [0.3, 0.4) is 0 Å². The van der Waals surface area contributed by atoms with E-state index in [2.05, 4.69) is 24.1 Å². The van der Waals surface area contributed by atoms with Crippen LogP contribution in [0.25, 0.3) is 0 Å². The third-order valence-corrected chi connectivity index (χ3v) is 4.10. The van der Waals surface area contributed by atoms with Gasteiger partial charge in [-0.1, -0.05) is 13.8 Å². The number of carboxylic acid groups (broad SMARTS) is 1. The molecule has 1 aliphatic rings. The topological polar surface area (TPSA) is 52.6 Å². The molecule has 100 valence electrons. The minimum atomic E-state index is -0.693. The Morgan fingerprint density at radius 1 is 1.41 bits per heavy atom. The molecule has 0 aliphatic heterocycles. The summed E-state index contributed by atoms with van der Waals surface area (Å²) in [6, 6.07) is 0. The van der Waals surface area contributed by atoms with Gasteiger partial charge >= 0.3 is 5.97 Å². The molecule has 3 atom stereocenters. The van der Waals surface area contributed by atoms with Crippen molar-refractivity contribution in [1.82, 2.24) is 10.2 Å². The minimum absolute atomic E-state index is 0.478. The maximum atomic E-state index is 11.5. The van der Waals surface area contributed by atoms with Crippen LogP contribution < -0.4 is 5.32 Å². The van der Waals surface area contributed by atoms with E-state index in [1.165, 1.54) is 0 Å². The van der Waals surface area contributed by atoms with Gasteiger partial charge in [-0.15, -0.1) is 0 Å². The summed E-state index contributed by atoms with van der Waals surface area (Å²) in [7, 11) is 4.00. The molecule has 0 bridgehead atoms. The third-order valence-electron chi connectivity index (χ3n) is 4.10. The first-order valence-corrected chi connectivity index (χ1v) is 6.50. The molecule has 1 fully saturated rings. The monoisotopic (exact) mass is 242 g/mol. The summed E-state index contributed by atoms with van der Waals surface area (Å²) in [5.41, 5.74) is -0.693. The third kappa shape index (κ3) is 3.68. The van der Waals surface area contributed by atoms with Gasteiger partial charge in [-0.25, -0.2) is 0 Å². The van der Waals surface area contributed by atoms with Gasteiger partial charge in [0.15, 0.2) is 0 Å². The highest BCUT2D eigenvalue weighted by molar-refractivity contribution is 5.79. The average molecular weight is 242 g/mol. The van der Waals surface area contributed by atoms with Crippen LogP contribution in [0.2, 0.25) is 0 Å². The van der Waals surface area contributed by atoms with Crippen molar-refractivity contribution in [2.24, 2.45) is 11.8 Å². The molecule has 0 radical (unpaired) electrons. The molecule has 1 saturated carbocycles. The van der Waals surface area contributed by atoms with Crippen LogP contribution in [0.1, 0.15) is 33.1 Å². The Bertz CT molecular complexity index is 268. The molecule has 0 heterocycles. The summed E-state index contributed by atoms with van der Waals surface area (Å²) >= 11 is 0. The van der Waals surface area contributed by atoms with Crippen LogP contribution in [0.5, 0.6) is 0 Å². The zero-order valence-corrected chi connectivity index (χ0v) is 11.5. The second kappa shape index (κ2) is 5.83. The van der Waals surface area contributed by atoms with Gasteiger partial charge in [0.05, 0.1) is 0 Å². The molecule has 4 nitrogen and oxygen atoms in total. The molecule has 0 aromatic rings. The maximum absolute atomic E-state index is 11.5. The Hall–Kier alpha value is -0.610. The number of likely N-dealkylation sites (N-methyl/N-ethyl adjacent to an activating group) is 1. The molecule has 0 aromatic carbocycles. The Kier molecular flexibility index (Phi) is 4.95. The number of hydrogen-bond acceptors (Lipinski definition) is 3. The number of hydrogen-bond donors (Lipinski definition) is 2. The first-order valence-electron chi connectivity index (χ1n) is 6.50. The van der Waals surface area contributed by atoms with Gasteiger partial charge in [0.2, 0.25) is 0 Å². The smallest absolute Gasteiger partial charge is 0.323 e. The average Bonchev–Trinajstić information content (AvgIpc) is 2.22. The molecule has 0 amide bonds. The van der Waals surface area contributed by atoms with E-state index in [1.807, 2.05) is 14.1 Å². The Balaban J connectivity index is 2.60. The summed E-state index contributed by atoms with van der Waals surface area (Å²) in [5, 5.41) is 12.8. The normalized spacial score (nSPS) is 33.9. The highest BCUT2D eigenvalue weighted by Crippen LogP contribution is 2.36. The summed E-state index contributed by atoms with van der Waals surface area (Å²) < 4.78 is 0. The fourth-order valence-corrected chi connectivity index (χ4v) is 2.56. The van der Waals surface area contributed by atoms with Crippen molar-refractivity contribution in [1.29, 1.82) is 0 Å². The van der Waals surface area contributed by atoms with E-state index in [0.29, 0.717) is 11.8 Å². The molecule has 2 N–H and O–H groups in total. The summed E-state index contributed by atoms with van der Waals surface area (Å²) in [5.74, 6) is 0.430. The maximum Gasteiger partial charge on any atom is 0.323 e. The summed E-state index contributed by atoms with van der Waals surface area (Å²) in [4.78, 5) is 13.6. The van der Waals surface area contributed by atoms with Crippen LogP contribution >= 0.6 is 0 Å². The number of carboxylic acids is 1. The molecular formula is C13H26N2O2. The standard InChI is InChI=1S/C13H26N2O2/c1-10-5-6-13(12(16)17,9-11(10)2)14-7-8-15(3)4/h10-11,14H,5-9H2,1-4H3,(H,16,17). The van der Waals surface area contributed by atoms with Crippen LogP contribution in [-0.4, -0.2) is 48.7 Å². The zero-order chi connectivity index (χ0) is 13.1. The largest absolute Gasteiger partial charge is 0.480 e. The molecule has 1 aliphatic carbocycles. The van der Waals surface area contributed by atoms with Crippen LogP contribution in [-0.2, 0) is 4.79 Å². The quantitative estimate of drug-likeness (QED) is 0.765. The van der Waals surface area contributed by atoms with Crippen LogP contribution in [0.4, 0.5) is 0 Å². The van der Waals surface area contributed by atoms with E-state index in [1.54, 1.807) is 0 Å². The molecule has 0 aromatic heterocycles. The van der Waals surface area contributed by atoms with E-state index in [-0.39, 0.29) is 0 Å². The molecule has 4 heteroatoms. The van der Waals surface area contributed by atoms with E-state index >= 15 is 0 Å².